The van der Waals surface area contributed by atoms with Crippen LogP contribution in [0.5, 0.6) is 0 Å². The second-order valence-corrected chi connectivity index (χ2v) is 11.2. The van der Waals surface area contributed by atoms with Gasteiger partial charge in [0.2, 0.25) is 0 Å². The summed E-state index contributed by atoms with van der Waals surface area (Å²) in [6.07, 6.45) is 0.340. The van der Waals surface area contributed by atoms with Crippen LogP contribution < -0.4 is 0 Å². The number of ether oxygens (including phenoxy) is 2. The van der Waals surface area contributed by atoms with Gasteiger partial charge in [-0.15, -0.1) is 0 Å². The number of morpholine rings is 1. The minimum Gasteiger partial charge on any atom is -0.448 e. The molecule has 2 atom stereocenters. The number of rotatable bonds is 8. The summed E-state index contributed by atoms with van der Waals surface area (Å²) in [6.45, 7) is 8.32. The Morgan fingerprint density at radius 3 is 2.33 bits per heavy atom. The molecular formula is C23H32N4O5S. The van der Waals surface area contributed by atoms with E-state index in [1.165, 1.54) is 24.3 Å². The van der Waals surface area contributed by atoms with E-state index in [0.717, 1.165) is 52.5 Å². The second-order valence-electron chi connectivity index (χ2n) is 9.06. The smallest absolute Gasteiger partial charge is 0.409 e. The van der Waals surface area contributed by atoms with Crippen LogP contribution in [0.15, 0.2) is 29.2 Å². The maximum Gasteiger partial charge on any atom is 0.409 e. The quantitative estimate of drug-likeness (QED) is 0.549. The maximum absolute atomic E-state index is 12.5. The van der Waals surface area contributed by atoms with Gasteiger partial charge in [-0.05, 0) is 49.1 Å². The SMILES string of the molecule is N#Cc1ccc(S(=O)(=O)CCCN2CC3CN(C(=O)OCCN4CCOCC4)CC3C2)cc1. The van der Waals surface area contributed by atoms with E-state index in [9.17, 15) is 13.2 Å². The van der Waals surface area contributed by atoms with E-state index in [4.69, 9.17) is 14.7 Å². The first-order chi connectivity index (χ1) is 15.9. The van der Waals surface area contributed by atoms with Gasteiger partial charge in [-0.25, -0.2) is 13.2 Å². The number of carbonyl (C=O) groups is 1. The van der Waals surface area contributed by atoms with Crippen molar-refractivity contribution >= 4 is 15.9 Å². The van der Waals surface area contributed by atoms with E-state index in [2.05, 4.69) is 9.80 Å². The van der Waals surface area contributed by atoms with Gasteiger partial charge in [0, 0.05) is 45.8 Å². The van der Waals surface area contributed by atoms with E-state index < -0.39 is 9.84 Å². The van der Waals surface area contributed by atoms with E-state index in [0.29, 0.717) is 43.5 Å². The molecule has 0 aromatic heterocycles. The molecule has 1 aromatic carbocycles. The van der Waals surface area contributed by atoms with Gasteiger partial charge in [0.25, 0.3) is 0 Å². The third-order valence-electron chi connectivity index (χ3n) is 6.79. The Labute approximate surface area is 195 Å². The zero-order valence-corrected chi connectivity index (χ0v) is 19.7. The van der Waals surface area contributed by atoms with Crippen LogP contribution in [-0.4, -0.2) is 107 Å². The van der Waals surface area contributed by atoms with Gasteiger partial charge in [0.05, 0.1) is 35.5 Å². The molecule has 180 valence electrons. The highest BCUT2D eigenvalue weighted by Crippen LogP contribution is 2.31. The Balaban J connectivity index is 1.14. The van der Waals surface area contributed by atoms with Crippen molar-refractivity contribution < 1.29 is 22.7 Å². The maximum atomic E-state index is 12.5. The summed E-state index contributed by atoms with van der Waals surface area (Å²) in [5, 5.41) is 8.86. The molecule has 9 nitrogen and oxygen atoms in total. The lowest BCUT2D eigenvalue weighted by molar-refractivity contribution is 0.0251. The van der Waals surface area contributed by atoms with Crippen LogP contribution in [0.3, 0.4) is 0 Å². The van der Waals surface area contributed by atoms with Crippen LogP contribution in [0, 0.1) is 23.2 Å². The summed E-state index contributed by atoms with van der Waals surface area (Å²) in [6, 6.07) is 8.08. The Bertz CT molecular complexity index is 942. The van der Waals surface area contributed by atoms with Crippen molar-refractivity contribution in [2.24, 2.45) is 11.8 Å². The van der Waals surface area contributed by atoms with Crippen molar-refractivity contribution in [1.29, 1.82) is 5.26 Å². The minimum atomic E-state index is -3.35. The van der Waals surface area contributed by atoms with Gasteiger partial charge < -0.3 is 19.3 Å². The molecule has 0 N–H and O–H groups in total. The molecule has 0 spiro atoms. The summed E-state index contributed by atoms with van der Waals surface area (Å²) >= 11 is 0. The standard InChI is InChI=1S/C23H32N4O5S/c24-14-19-2-4-22(5-3-19)33(29,30)13-1-6-26-15-20-17-27(18-21(20)16-26)23(28)32-12-9-25-7-10-31-11-8-25/h2-5,20-21H,1,6-13,15-18H2. The molecule has 0 bridgehead atoms. The molecule has 3 fully saturated rings. The van der Waals surface area contributed by atoms with E-state index in [1.807, 2.05) is 11.0 Å². The summed E-state index contributed by atoms with van der Waals surface area (Å²) in [5.74, 6) is 0.936. The van der Waals surface area contributed by atoms with Crippen molar-refractivity contribution in [2.75, 3.05) is 77.9 Å². The number of hydrogen-bond donors (Lipinski definition) is 0. The molecular weight excluding hydrogens is 444 g/mol. The van der Waals surface area contributed by atoms with Crippen molar-refractivity contribution in [3.8, 4) is 6.07 Å². The number of fused-ring (bicyclic) bond motifs is 1. The fourth-order valence-electron chi connectivity index (χ4n) is 4.93. The van der Waals surface area contributed by atoms with Crippen LogP contribution in [0.2, 0.25) is 0 Å². The third kappa shape index (κ3) is 6.23. The third-order valence-corrected chi connectivity index (χ3v) is 8.60. The molecule has 2 unspecified atom stereocenters. The molecule has 3 aliphatic heterocycles. The predicted molar refractivity (Wildman–Crippen MR) is 121 cm³/mol. The van der Waals surface area contributed by atoms with Crippen LogP contribution in [0.1, 0.15) is 12.0 Å². The number of carbonyl (C=O) groups excluding carboxylic acids is 1. The molecule has 3 saturated heterocycles. The van der Waals surface area contributed by atoms with Crippen LogP contribution in [0.25, 0.3) is 0 Å². The molecule has 1 amide bonds. The largest absolute Gasteiger partial charge is 0.448 e. The number of sulfone groups is 1. The lowest BCUT2D eigenvalue weighted by Crippen LogP contribution is -2.40. The molecule has 10 heteroatoms. The first-order valence-electron chi connectivity index (χ1n) is 11.6. The van der Waals surface area contributed by atoms with Crippen LogP contribution >= 0.6 is 0 Å². The molecule has 0 aliphatic carbocycles. The van der Waals surface area contributed by atoms with Crippen LogP contribution in [0.4, 0.5) is 4.79 Å². The molecule has 3 heterocycles. The van der Waals surface area contributed by atoms with E-state index in [-0.39, 0.29) is 16.7 Å². The monoisotopic (exact) mass is 476 g/mol. The van der Waals surface area contributed by atoms with Crippen molar-refractivity contribution in [1.82, 2.24) is 14.7 Å². The zero-order valence-electron chi connectivity index (χ0n) is 18.9. The molecule has 3 aliphatic rings. The molecule has 0 saturated carbocycles. The van der Waals surface area contributed by atoms with Gasteiger partial charge in [-0.2, -0.15) is 5.26 Å². The minimum absolute atomic E-state index is 0.0896. The summed E-state index contributed by atoms with van der Waals surface area (Å²) in [7, 11) is -3.35. The van der Waals surface area contributed by atoms with Crippen LogP contribution in [-0.2, 0) is 19.3 Å². The fourth-order valence-corrected chi connectivity index (χ4v) is 6.23. The zero-order chi connectivity index (χ0) is 23.3. The number of benzene rings is 1. The van der Waals surface area contributed by atoms with Gasteiger partial charge in [-0.1, -0.05) is 0 Å². The Hall–Kier alpha value is -2.19. The number of nitriles is 1. The fraction of sp³-hybridized carbons (Fsp3) is 0.652. The Morgan fingerprint density at radius 2 is 1.70 bits per heavy atom. The highest BCUT2D eigenvalue weighted by Gasteiger charge is 2.41. The molecule has 4 rings (SSSR count). The lowest BCUT2D eigenvalue weighted by Gasteiger charge is -2.26. The summed E-state index contributed by atoms with van der Waals surface area (Å²) in [5.41, 5.74) is 0.451. The number of hydrogen-bond acceptors (Lipinski definition) is 8. The topological polar surface area (TPSA) is 103 Å². The first kappa shape index (κ1) is 24.0. The van der Waals surface area contributed by atoms with Gasteiger partial charge in [0.1, 0.15) is 6.61 Å². The number of likely N-dealkylation sites (tertiary alicyclic amines) is 2. The molecule has 0 radical (unpaired) electrons. The summed E-state index contributed by atoms with van der Waals surface area (Å²) in [4.78, 5) is 19.1. The number of nitrogens with zero attached hydrogens (tertiary/aromatic N) is 4. The highest BCUT2D eigenvalue weighted by atomic mass is 32.2. The molecule has 33 heavy (non-hydrogen) atoms. The van der Waals surface area contributed by atoms with Gasteiger partial charge >= 0.3 is 6.09 Å². The van der Waals surface area contributed by atoms with E-state index in [1.54, 1.807) is 0 Å². The van der Waals surface area contributed by atoms with Crippen molar-refractivity contribution in [3.63, 3.8) is 0 Å². The van der Waals surface area contributed by atoms with E-state index >= 15 is 0 Å². The summed E-state index contributed by atoms with van der Waals surface area (Å²) < 4.78 is 35.9. The lowest BCUT2D eigenvalue weighted by atomic mass is 10.0. The van der Waals surface area contributed by atoms with Gasteiger partial charge in [0.15, 0.2) is 9.84 Å². The van der Waals surface area contributed by atoms with Crippen molar-refractivity contribution in [3.05, 3.63) is 29.8 Å². The Morgan fingerprint density at radius 1 is 1.03 bits per heavy atom. The Kier molecular flexibility index (Phi) is 7.86. The normalized spacial score (nSPS) is 23.9. The first-order valence-corrected chi connectivity index (χ1v) is 13.3. The average molecular weight is 477 g/mol. The predicted octanol–water partition coefficient (Wildman–Crippen LogP) is 1.05. The second kappa shape index (κ2) is 10.8. The van der Waals surface area contributed by atoms with Gasteiger partial charge in [-0.3, -0.25) is 4.90 Å². The molecule has 1 aromatic rings. The highest BCUT2D eigenvalue weighted by molar-refractivity contribution is 7.91. The number of amides is 1. The average Bonchev–Trinajstić information content (AvgIpc) is 3.39. The van der Waals surface area contributed by atoms with Crippen molar-refractivity contribution in [2.45, 2.75) is 11.3 Å².